The molecule has 1 aromatic carbocycles. The molecule has 7 heteroatoms. The molecule has 1 fully saturated rings. The van der Waals surface area contributed by atoms with Gasteiger partial charge in [-0.3, -0.25) is 9.67 Å². The molecule has 0 saturated carbocycles. The van der Waals surface area contributed by atoms with Crippen LogP contribution in [-0.2, 0) is 16.4 Å². The maximum atomic E-state index is 13.0. The number of fused-ring (bicyclic) bond motifs is 1. The Hall–Kier alpha value is -2.25. The highest BCUT2D eigenvalue weighted by molar-refractivity contribution is 7.91. The highest BCUT2D eigenvalue weighted by Crippen LogP contribution is 2.28. The molecule has 0 amide bonds. The van der Waals surface area contributed by atoms with Gasteiger partial charge in [-0.05, 0) is 50.0 Å². The monoisotopic (exact) mass is 356 g/mol. The van der Waals surface area contributed by atoms with Crippen molar-refractivity contribution in [3.8, 4) is 0 Å². The topological polar surface area (TPSA) is 76.9 Å². The van der Waals surface area contributed by atoms with Crippen LogP contribution in [0.5, 0.6) is 0 Å². The van der Waals surface area contributed by atoms with Gasteiger partial charge < -0.3 is 5.32 Å². The van der Waals surface area contributed by atoms with Crippen molar-refractivity contribution < 1.29 is 8.42 Å². The van der Waals surface area contributed by atoms with Crippen LogP contribution in [0.2, 0.25) is 0 Å². The minimum absolute atomic E-state index is 0.0885. The number of aromatic nitrogens is 3. The first-order valence-corrected chi connectivity index (χ1v) is 9.96. The minimum atomic E-state index is -3.67. The van der Waals surface area contributed by atoms with E-state index in [1.165, 1.54) is 0 Å². The van der Waals surface area contributed by atoms with Crippen molar-refractivity contribution in [1.29, 1.82) is 0 Å². The summed E-state index contributed by atoms with van der Waals surface area (Å²) in [4.78, 5) is 4.37. The second kappa shape index (κ2) is 6.57. The van der Waals surface area contributed by atoms with E-state index in [1.807, 2.05) is 10.7 Å². The number of pyridine rings is 1. The third-order valence-corrected chi connectivity index (χ3v) is 6.36. The molecule has 0 radical (unpaired) electrons. The second-order valence-electron chi connectivity index (χ2n) is 6.41. The zero-order chi connectivity index (χ0) is 17.3. The first-order chi connectivity index (χ1) is 12.2. The van der Waals surface area contributed by atoms with Crippen LogP contribution in [0.4, 0.5) is 0 Å². The molecule has 2 aromatic heterocycles. The lowest BCUT2D eigenvalue weighted by Gasteiger charge is -2.22. The van der Waals surface area contributed by atoms with Gasteiger partial charge in [0.05, 0.1) is 15.8 Å². The third-order valence-electron chi connectivity index (χ3n) is 4.66. The fraction of sp³-hybridized carbons (Fsp3) is 0.333. The molecule has 1 saturated heterocycles. The normalized spacial score (nSPS) is 18.5. The van der Waals surface area contributed by atoms with Crippen LogP contribution < -0.4 is 5.32 Å². The van der Waals surface area contributed by atoms with Crippen molar-refractivity contribution in [2.45, 2.75) is 29.3 Å². The Morgan fingerprint density at radius 1 is 1.20 bits per heavy atom. The van der Waals surface area contributed by atoms with Crippen LogP contribution in [0.1, 0.15) is 12.8 Å². The Bertz CT molecular complexity index is 977. The summed E-state index contributed by atoms with van der Waals surface area (Å²) in [6.07, 6.45) is 5.53. The maximum Gasteiger partial charge on any atom is 0.226 e. The maximum absolute atomic E-state index is 13.0. The van der Waals surface area contributed by atoms with Crippen molar-refractivity contribution >= 4 is 20.7 Å². The van der Waals surface area contributed by atoms with E-state index in [0.717, 1.165) is 31.4 Å². The van der Waals surface area contributed by atoms with Crippen LogP contribution in [0.15, 0.2) is 58.7 Å². The van der Waals surface area contributed by atoms with Crippen molar-refractivity contribution in [3.05, 3.63) is 48.8 Å². The Labute approximate surface area is 146 Å². The summed E-state index contributed by atoms with van der Waals surface area (Å²) >= 11 is 0. The summed E-state index contributed by atoms with van der Waals surface area (Å²) in [7, 11) is -3.67. The molecule has 3 heterocycles. The fourth-order valence-corrected chi connectivity index (χ4v) is 4.76. The van der Waals surface area contributed by atoms with E-state index in [-0.39, 0.29) is 9.92 Å². The fourth-order valence-electron chi connectivity index (χ4n) is 3.37. The van der Waals surface area contributed by atoms with E-state index in [4.69, 9.17) is 0 Å². The zero-order valence-electron chi connectivity index (χ0n) is 13.8. The first-order valence-electron chi connectivity index (χ1n) is 8.47. The number of sulfone groups is 1. The van der Waals surface area contributed by atoms with Gasteiger partial charge in [-0.1, -0.05) is 18.2 Å². The van der Waals surface area contributed by atoms with Crippen molar-refractivity contribution in [2.75, 3.05) is 13.1 Å². The van der Waals surface area contributed by atoms with Gasteiger partial charge in [0, 0.05) is 18.9 Å². The quantitative estimate of drug-likeness (QED) is 0.776. The highest BCUT2D eigenvalue weighted by Gasteiger charge is 2.26. The lowest BCUT2D eigenvalue weighted by Crippen LogP contribution is -2.32. The van der Waals surface area contributed by atoms with Gasteiger partial charge in [-0.2, -0.15) is 5.10 Å². The summed E-state index contributed by atoms with van der Waals surface area (Å²) in [5.41, 5.74) is 0.815. The number of hydrogen-bond donors (Lipinski definition) is 1. The van der Waals surface area contributed by atoms with Gasteiger partial charge in [0.15, 0.2) is 5.03 Å². The molecule has 0 spiro atoms. The summed E-state index contributed by atoms with van der Waals surface area (Å²) in [6.45, 7) is 2.69. The Morgan fingerprint density at radius 2 is 2.04 bits per heavy atom. The summed E-state index contributed by atoms with van der Waals surface area (Å²) in [6, 6.07) is 10.3. The Balaban J connectivity index is 1.80. The molecule has 1 N–H and O–H groups in total. The molecule has 4 rings (SSSR count). The molecule has 0 bridgehead atoms. The summed E-state index contributed by atoms with van der Waals surface area (Å²) < 4.78 is 27.9. The molecule has 3 aromatic rings. The van der Waals surface area contributed by atoms with E-state index in [2.05, 4.69) is 15.4 Å². The van der Waals surface area contributed by atoms with E-state index in [9.17, 15) is 8.42 Å². The van der Waals surface area contributed by atoms with E-state index < -0.39 is 9.84 Å². The second-order valence-corrected chi connectivity index (χ2v) is 8.27. The average Bonchev–Trinajstić information content (AvgIpc) is 3.03. The lowest BCUT2D eigenvalue weighted by molar-refractivity contribution is 0.327. The number of nitrogens with zero attached hydrogens (tertiary/aromatic N) is 3. The molecule has 0 aliphatic carbocycles. The van der Waals surface area contributed by atoms with Gasteiger partial charge in [0.2, 0.25) is 9.84 Å². The van der Waals surface area contributed by atoms with Crippen LogP contribution >= 0.6 is 0 Å². The molecule has 25 heavy (non-hydrogen) atoms. The minimum Gasteiger partial charge on any atom is -0.316 e. The van der Waals surface area contributed by atoms with Gasteiger partial charge in [0.1, 0.15) is 0 Å². The summed E-state index contributed by atoms with van der Waals surface area (Å²) in [5.74, 6) is 0.456. The van der Waals surface area contributed by atoms with E-state index in [1.54, 1.807) is 42.7 Å². The molecule has 6 nitrogen and oxygen atoms in total. The predicted molar refractivity (Wildman–Crippen MR) is 95.0 cm³/mol. The van der Waals surface area contributed by atoms with Gasteiger partial charge in [-0.25, -0.2) is 8.42 Å². The molecule has 1 aliphatic heterocycles. The van der Waals surface area contributed by atoms with Crippen molar-refractivity contribution in [3.63, 3.8) is 0 Å². The smallest absolute Gasteiger partial charge is 0.226 e. The van der Waals surface area contributed by atoms with Crippen LogP contribution in [0, 0.1) is 5.92 Å². The molecular weight excluding hydrogens is 336 g/mol. The van der Waals surface area contributed by atoms with E-state index in [0.29, 0.717) is 17.8 Å². The van der Waals surface area contributed by atoms with Gasteiger partial charge >= 0.3 is 0 Å². The molecule has 1 atom stereocenters. The number of benzene rings is 1. The summed E-state index contributed by atoms with van der Waals surface area (Å²) in [5, 5.41) is 8.55. The Kier molecular flexibility index (Phi) is 4.27. The standard InChI is InChI=1S/C18H20N4O2S/c23-25(24,15-6-2-1-3-7-15)18-16-12-20-10-8-17(16)22(21-18)13-14-5-4-9-19-11-14/h1-3,6-8,10,12,14,19H,4-5,9,11,13H2. The third kappa shape index (κ3) is 3.05. The first kappa shape index (κ1) is 16.2. The number of hydrogen-bond acceptors (Lipinski definition) is 5. The van der Waals surface area contributed by atoms with Crippen LogP contribution in [0.25, 0.3) is 10.9 Å². The van der Waals surface area contributed by atoms with Crippen molar-refractivity contribution in [2.24, 2.45) is 5.92 Å². The molecular formula is C18H20N4O2S. The predicted octanol–water partition coefficient (Wildman–Crippen LogP) is 2.26. The number of nitrogens with one attached hydrogen (secondary N) is 1. The SMILES string of the molecule is O=S(=O)(c1ccccc1)c1nn(CC2CCCNC2)c2ccncc12. The van der Waals surface area contributed by atoms with Gasteiger partial charge in [-0.15, -0.1) is 0 Å². The number of rotatable bonds is 4. The lowest BCUT2D eigenvalue weighted by atomic mass is 10.00. The van der Waals surface area contributed by atoms with Gasteiger partial charge in [0.25, 0.3) is 0 Å². The number of piperidine rings is 1. The highest BCUT2D eigenvalue weighted by atomic mass is 32.2. The Morgan fingerprint density at radius 3 is 2.80 bits per heavy atom. The largest absolute Gasteiger partial charge is 0.316 e. The molecule has 1 aliphatic rings. The van der Waals surface area contributed by atoms with Crippen molar-refractivity contribution in [1.82, 2.24) is 20.1 Å². The van der Waals surface area contributed by atoms with Crippen LogP contribution in [-0.4, -0.2) is 36.3 Å². The zero-order valence-corrected chi connectivity index (χ0v) is 14.6. The molecule has 1 unspecified atom stereocenters. The average molecular weight is 356 g/mol. The van der Waals surface area contributed by atoms with E-state index >= 15 is 0 Å². The van der Waals surface area contributed by atoms with Crippen LogP contribution in [0.3, 0.4) is 0 Å². The molecule has 130 valence electrons.